The molecule has 1 aromatic rings. The van der Waals surface area contributed by atoms with Crippen molar-refractivity contribution in [2.24, 2.45) is 5.92 Å². The Kier molecular flexibility index (Phi) is 5.19. The van der Waals surface area contributed by atoms with Gasteiger partial charge in [0.15, 0.2) is 11.5 Å². The van der Waals surface area contributed by atoms with Gasteiger partial charge in [-0.3, -0.25) is 14.5 Å². The molecule has 3 heterocycles. The summed E-state index contributed by atoms with van der Waals surface area (Å²) in [6, 6.07) is 4.58. The Labute approximate surface area is 179 Å². The molecule has 8 nitrogen and oxygen atoms in total. The number of fused-ring (bicyclic) bond motifs is 2. The van der Waals surface area contributed by atoms with Crippen molar-refractivity contribution < 1.29 is 28.2 Å². The molecule has 3 aliphatic heterocycles. The SMILES string of the molecule is O=C(Cc1ccc2c(c1)OCO2)N1CCC(N2C(=O)NC3CCC(F)CC3C2=O)CC1. The van der Waals surface area contributed by atoms with Gasteiger partial charge in [0, 0.05) is 25.2 Å². The van der Waals surface area contributed by atoms with Crippen LogP contribution in [-0.2, 0) is 16.0 Å². The predicted octanol–water partition coefficient (Wildman–Crippen LogP) is 2.01. The van der Waals surface area contributed by atoms with E-state index in [1.165, 1.54) is 4.90 Å². The molecule has 5 rings (SSSR count). The number of benzene rings is 1. The Morgan fingerprint density at radius 2 is 1.87 bits per heavy atom. The van der Waals surface area contributed by atoms with Gasteiger partial charge in [0.1, 0.15) is 6.17 Å². The molecule has 3 atom stereocenters. The van der Waals surface area contributed by atoms with Crippen LogP contribution in [0, 0.1) is 5.92 Å². The fourth-order valence-electron chi connectivity index (χ4n) is 5.13. The van der Waals surface area contributed by atoms with Gasteiger partial charge in [0.25, 0.3) is 0 Å². The smallest absolute Gasteiger partial charge is 0.324 e. The number of piperidine rings is 1. The zero-order chi connectivity index (χ0) is 21.5. The van der Waals surface area contributed by atoms with Crippen LogP contribution in [-0.4, -0.2) is 65.8 Å². The second-order valence-electron chi connectivity index (χ2n) is 8.76. The van der Waals surface area contributed by atoms with E-state index in [1.807, 2.05) is 12.1 Å². The van der Waals surface area contributed by atoms with Crippen LogP contribution in [0.3, 0.4) is 0 Å². The van der Waals surface area contributed by atoms with Crippen LogP contribution >= 0.6 is 0 Å². The maximum Gasteiger partial charge on any atom is 0.324 e. The van der Waals surface area contributed by atoms with Gasteiger partial charge in [0.2, 0.25) is 18.6 Å². The maximum atomic E-state index is 13.8. The molecular formula is C22H26FN3O5. The van der Waals surface area contributed by atoms with Crippen molar-refractivity contribution in [1.29, 1.82) is 0 Å². The largest absolute Gasteiger partial charge is 0.454 e. The van der Waals surface area contributed by atoms with E-state index in [2.05, 4.69) is 5.32 Å². The molecule has 1 saturated carbocycles. The number of urea groups is 1. The van der Waals surface area contributed by atoms with Crippen molar-refractivity contribution in [3.05, 3.63) is 23.8 Å². The lowest BCUT2D eigenvalue weighted by molar-refractivity contribution is -0.141. The van der Waals surface area contributed by atoms with E-state index in [0.29, 0.717) is 50.3 Å². The van der Waals surface area contributed by atoms with Gasteiger partial charge >= 0.3 is 6.03 Å². The van der Waals surface area contributed by atoms with Crippen LogP contribution in [0.4, 0.5) is 9.18 Å². The number of hydrogen-bond acceptors (Lipinski definition) is 5. The molecule has 2 saturated heterocycles. The van der Waals surface area contributed by atoms with Crippen molar-refractivity contribution in [2.75, 3.05) is 19.9 Å². The van der Waals surface area contributed by atoms with Gasteiger partial charge in [-0.2, -0.15) is 0 Å². The number of carbonyl (C=O) groups is 3. The molecule has 3 unspecified atom stereocenters. The number of likely N-dealkylation sites (tertiary alicyclic amines) is 1. The second kappa shape index (κ2) is 8.01. The summed E-state index contributed by atoms with van der Waals surface area (Å²) in [4.78, 5) is 41.4. The summed E-state index contributed by atoms with van der Waals surface area (Å²) in [6.07, 6.45) is 1.39. The molecular weight excluding hydrogens is 405 g/mol. The first-order valence-corrected chi connectivity index (χ1v) is 10.9. The van der Waals surface area contributed by atoms with Gasteiger partial charge in [-0.1, -0.05) is 6.07 Å². The number of carbonyl (C=O) groups excluding carboxylic acids is 3. The molecule has 1 aromatic carbocycles. The van der Waals surface area contributed by atoms with Crippen LogP contribution in [0.1, 0.15) is 37.7 Å². The van der Waals surface area contributed by atoms with Gasteiger partial charge in [-0.25, -0.2) is 9.18 Å². The summed E-state index contributed by atoms with van der Waals surface area (Å²) in [7, 11) is 0. The Morgan fingerprint density at radius 1 is 1.10 bits per heavy atom. The summed E-state index contributed by atoms with van der Waals surface area (Å²) >= 11 is 0. The fraction of sp³-hybridized carbons (Fsp3) is 0.591. The number of rotatable bonds is 3. The van der Waals surface area contributed by atoms with E-state index in [4.69, 9.17) is 9.47 Å². The Hall–Kier alpha value is -2.84. The van der Waals surface area contributed by atoms with Crippen molar-refractivity contribution in [1.82, 2.24) is 15.1 Å². The first-order chi connectivity index (χ1) is 15.0. The first-order valence-electron chi connectivity index (χ1n) is 10.9. The average molecular weight is 431 g/mol. The van der Waals surface area contributed by atoms with E-state index < -0.39 is 12.1 Å². The number of halogens is 1. The van der Waals surface area contributed by atoms with E-state index in [0.717, 1.165) is 5.56 Å². The number of ether oxygens (including phenoxy) is 2. The Bertz CT molecular complexity index is 901. The number of nitrogens with one attached hydrogen (secondary N) is 1. The zero-order valence-corrected chi connectivity index (χ0v) is 17.2. The highest BCUT2D eigenvalue weighted by atomic mass is 19.1. The maximum absolute atomic E-state index is 13.8. The molecule has 0 radical (unpaired) electrons. The van der Waals surface area contributed by atoms with Gasteiger partial charge in [-0.05, 0) is 49.8 Å². The highest BCUT2D eigenvalue weighted by molar-refractivity contribution is 5.99. The molecule has 0 aromatic heterocycles. The fourth-order valence-corrected chi connectivity index (χ4v) is 5.13. The van der Waals surface area contributed by atoms with Crippen molar-refractivity contribution in [3.63, 3.8) is 0 Å². The van der Waals surface area contributed by atoms with E-state index in [-0.39, 0.29) is 49.6 Å². The Balaban J connectivity index is 1.18. The van der Waals surface area contributed by atoms with Gasteiger partial charge in [0.05, 0.1) is 12.3 Å². The molecule has 1 N–H and O–H groups in total. The standard InChI is InChI=1S/C22H26FN3O5/c23-14-2-3-17-16(11-14)21(28)26(22(29)24-17)15-5-7-25(8-6-15)20(27)10-13-1-4-18-19(9-13)31-12-30-18/h1,4,9,14-17H,2-3,5-8,10-12H2,(H,24,29). The number of nitrogens with zero attached hydrogens (tertiary/aromatic N) is 2. The third-order valence-electron chi connectivity index (χ3n) is 6.84. The molecule has 31 heavy (non-hydrogen) atoms. The molecule has 0 spiro atoms. The molecule has 4 amide bonds. The van der Waals surface area contributed by atoms with Crippen LogP contribution in [0.25, 0.3) is 0 Å². The summed E-state index contributed by atoms with van der Waals surface area (Å²) in [5.74, 6) is 0.587. The average Bonchev–Trinajstić information content (AvgIpc) is 3.23. The first kappa shape index (κ1) is 20.1. The van der Waals surface area contributed by atoms with Crippen LogP contribution in [0.5, 0.6) is 11.5 Å². The lowest BCUT2D eigenvalue weighted by Gasteiger charge is -2.45. The highest BCUT2D eigenvalue weighted by Crippen LogP contribution is 2.34. The van der Waals surface area contributed by atoms with Crippen molar-refractivity contribution in [2.45, 2.75) is 56.8 Å². The quantitative estimate of drug-likeness (QED) is 0.791. The summed E-state index contributed by atoms with van der Waals surface area (Å²) < 4.78 is 24.5. The summed E-state index contributed by atoms with van der Waals surface area (Å²) in [6.45, 7) is 1.15. The van der Waals surface area contributed by atoms with Crippen LogP contribution < -0.4 is 14.8 Å². The normalized spacial score (nSPS) is 28.4. The van der Waals surface area contributed by atoms with E-state index in [1.54, 1.807) is 11.0 Å². The lowest BCUT2D eigenvalue weighted by atomic mass is 9.80. The van der Waals surface area contributed by atoms with Crippen LogP contribution in [0.15, 0.2) is 18.2 Å². The second-order valence-corrected chi connectivity index (χ2v) is 8.76. The summed E-state index contributed by atoms with van der Waals surface area (Å²) in [5, 5.41) is 2.90. The van der Waals surface area contributed by atoms with Gasteiger partial charge < -0.3 is 19.7 Å². The topological polar surface area (TPSA) is 88.2 Å². The summed E-state index contributed by atoms with van der Waals surface area (Å²) in [5.41, 5.74) is 0.853. The third kappa shape index (κ3) is 3.81. The molecule has 4 aliphatic rings. The minimum absolute atomic E-state index is 0.000599. The monoisotopic (exact) mass is 431 g/mol. The number of imide groups is 1. The molecule has 3 fully saturated rings. The highest BCUT2D eigenvalue weighted by Gasteiger charge is 2.47. The Morgan fingerprint density at radius 3 is 2.68 bits per heavy atom. The number of hydrogen-bond donors (Lipinski definition) is 1. The van der Waals surface area contributed by atoms with Crippen LogP contribution in [0.2, 0.25) is 0 Å². The minimum atomic E-state index is -0.988. The number of amides is 4. The van der Waals surface area contributed by atoms with Crippen molar-refractivity contribution >= 4 is 17.8 Å². The zero-order valence-electron chi connectivity index (χ0n) is 17.2. The van der Waals surface area contributed by atoms with Crippen molar-refractivity contribution in [3.8, 4) is 11.5 Å². The van der Waals surface area contributed by atoms with Gasteiger partial charge in [-0.15, -0.1) is 0 Å². The van der Waals surface area contributed by atoms with E-state index in [9.17, 15) is 18.8 Å². The minimum Gasteiger partial charge on any atom is -0.454 e. The molecule has 0 bridgehead atoms. The molecule has 9 heteroatoms. The number of alkyl halides is 1. The van der Waals surface area contributed by atoms with E-state index >= 15 is 0 Å². The predicted molar refractivity (Wildman–Crippen MR) is 107 cm³/mol. The lowest BCUT2D eigenvalue weighted by Crippen LogP contribution is -2.65. The molecule has 166 valence electrons. The third-order valence-corrected chi connectivity index (χ3v) is 6.84. The molecule has 1 aliphatic carbocycles.